The Hall–Kier alpha value is -0.700. The van der Waals surface area contributed by atoms with E-state index >= 15 is 0 Å². The lowest BCUT2D eigenvalue weighted by molar-refractivity contribution is -0.115. The molecule has 0 fully saturated rings. The molecule has 0 aromatic heterocycles. The summed E-state index contributed by atoms with van der Waals surface area (Å²) in [5.74, 6) is 0.108. The van der Waals surface area contributed by atoms with Gasteiger partial charge in [-0.1, -0.05) is 0 Å². The summed E-state index contributed by atoms with van der Waals surface area (Å²) in [6.45, 7) is 5.38. The Morgan fingerprint density at radius 3 is 2.45 bits per heavy atom. The van der Waals surface area contributed by atoms with Gasteiger partial charge < -0.3 is 5.11 Å². The summed E-state index contributed by atoms with van der Waals surface area (Å²) < 4.78 is 0. The summed E-state index contributed by atoms with van der Waals surface area (Å²) in [6, 6.07) is 0. The van der Waals surface area contributed by atoms with Crippen molar-refractivity contribution in [3.05, 3.63) is 0 Å². The topological polar surface area (TPSA) is 49.7 Å². The average molecular weight is 157 g/mol. The molecule has 11 heavy (non-hydrogen) atoms. The Bertz CT molecular complexity index is 161. The van der Waals surface area contributed by atoms with Crippen LogP contribution in [-0.4, -0.2) is 29.3 Å². The van der Waals surface area contributed by atoms with Crippen LogP contribution in [0.1, 0.15) is 27.2 Å². The molecule has 0 aromatic carbocycles. The van der Waals surface area contributed by atoms with Gasteiger partial charge in [0.05, 0.1) is 12.6 Å². The van der Waals surface area contributed by atoms with Gasteiger partial charge in [0.15, 0.2) is 0 Å². The predicted molar refractivity (Wildman–Crippen MR) is 45.0 cm³/mol. The lowest BCUT2D eigenvalue weighted by atomic mass is 10.2. The van der Waals surface area contributed by atoms with Crippen molar-refractivity contribution in [2.45, 2.75) is 33.3 Å². The largest absolute Gasteiger partial charge is 0.391 e. The molecule has 0 aliphatic heterocycles. The zero-order valence-electron chi connectivity index (χ0n) is 7.29. The zero-order valence-corrected chi connectivity index (χ0v) is 7.29. The van der Waals surface area contributed by atoms with Crippen molar-refractivity contribution in [2.24, 2.45) is 4.99 Å². The first-order valence-electron chi connectivity index (χ1n) is 3.69. The van der Waals surface area contributed by atoms with Crippen LogP contribution in [-0.2, 0) is 4.79 Å². The van der Waals surface area contributed by atoms with E-state index in [1.807, 2.05) is 0 Å². The van der Waals surface area contributed by atoms with E-state index in [0.717, 1.165) is 5.71 Å². The minimum atomic E-state index is -0.420. The Morgan fingerprint density at radius 2 is 2.09 bits per heavy atom. The Balaban J connectivity index is 3.72. The van der Waals surface area contributed by atoms with Crippen molar-refractivity contribution >= 4 is 11.5 Å². The van der Waals surface area contributed by atoms with Crippen LogP contribution in [0.4, 0.5) is 0 Å². The molecule has 0 unspecified atom stereocenters. The summed E-state index contributed by atoms with van der Waals surface area (Å²) in [6.07, 6.45) is -0.0240. The second kappa shape index (κ2) is 5.02. The van der Waals surface area contributed by atoms with Gasteiger partial charge in [-0.05, 0) is 20.8 Å². The standard InChI is InChI=1S/C8H15NO2/c1-6(4-7(2)10)9-5-8(3)11/h8,11H,4-5H2,1-3H3/t8-/m0/s1. The molecule has 0 aliphatic rings. The van der Waals surface area contributed by atoms with E-state index in [4.69, 9.17) is 5.11 Å². The van der Waals surface area contributed by atoms with E-state index in [-0.39, 0.29) is 5.78 Å². The predicted octanol–water partition coefficient (Wildman–Crippen LogP) is 0.807. The normalized spacial score (nSPS) is 14.7. The highest BCUT2D eigenvalue weighted by molar-refractivity contribution is 5.99. The number of hydrogen-bond donors (Lipinski definition) is 1. The van der Waals surface area contributed by atoms with Crippen molar-refractivity contribution in [1.29, 1.82) is 0 Å². The van der Waals surface area contributed by atoms with E-state index in [1.54, 1.807) is 13.8 Å². The molecule has 3 nitrogen and oxygen atoms in total. The number of nitrogens with zero attached hydrogens (tertiary/aromatic N) is 1. The molecule has 1 atom stereocenters. The van der Waals surface area contributed by atoms with E-state index in [9.17, 15) is 4.79 Å². The van der Waals surface area contributed by atoms with Gasteiger partial charge >= 0.3 is 0 Å². The molecule has 0 radical (unpaired) electrons. The monoisotopic (exact) mass is 157 g/mol. The van der Waals surface area contributed by atoms with Crippen molar-refractivity contribution in [3.8, 4) is 0 Å². The van der Waals surface area contributed by atoms with Gasteiger partial charge in [0.25, 0.3) is 0 Å². The lowest BCUT2D eigenvalue weighted by Gasteiger charge is -1.99. The number of hydrogen-bond acceptors (Lipinski definition) is 3. The number of aliphatic hydroxyl groups excluding tert-OH is 1. The third-order valence-electron chi connectivity index (χ3n) is 1.13. The molecule has 1 N–H and O–H groups in total. The number of ketones is 1. The minimum absolute atomic E-state index is 0.108. The Kier molecular flexibility index (Phi) is 4.70. The van der Waals surface area contributed by atoms with Crippen LogP contribution in [0.5, 0.6) is 0 Å². The quantitative estimate of drug-likeness (QED) is 0.614. The Morgan fingerprint density at radius 1 is 1.55 bits per heavy atom. The summed E-state index contributed by atoms with van der Waals surface area (Å²) in [7, 11) is 0. The van der Waals surface area contributed by atoms with Crippen molar-refractivity contribution < 1.29 is 9.90 Å². The second-order valence-corrected chi connectivity index (χ2v) is 2.80. The molecule has 0 spiro atoms. The first-order chi connectivity index (χ1) is 5.02. The lowest BCUT2D eigenvalue weighted by Crippen LogP contribution is -2.08. The number of carbonyl (C=O) groups excluding carboxylic acids is 1. The highest BCUT2D eigenvalue weighted by Gasteiger charge is 1.97. The molecule has 0 heterocycles. The first-order valence-corrected chi connectivity index (χ1v) is 3.69. The van der Waals surface area contributed by atoms with Gasteiger partial charge in [-0.15, -0.1) is 0 Å². The SMILES string of the molecule is CC(=O)CC(C)=NC[C@H](C)O. The fourth-order valence-electron chi connectivity index (χ4n) is 0.704. The maximum absolute atomic E-state index is 10.6. The summed E-state index contributed by atoms with van der Waals surface area (Å²) in [4.78, 5) is 14.6. The van der Waals surface area contributed by atoms with E-state index in [1.165, 1.54) is 6.92 Å². The van der Waals surface area contributed by atoms with Crippen LogP contribution in [0.25, 0.3) is 0 Å². The van der Waals surface area contributed by atoms with Crippen molar-refractivity contribution in [2.75, 3.05) is 6.54 Å². The van der Waals surface area contributed by atoms with Crippen LogP contribution < -0.4 is 0 Å². The summed E-state index contributed by atoms with van der Waals surface area (Å²) >= 11 is 0. The second-order valence-electron chi connectivity index (χ2n) is 2.80. The first kappa shape index (κ1) is 10.3. The molecule has 3 heteroatoms. The fourth-order valence-corrected chi connectivity index (χ4v) is 0.704. The molecule has 0 aromatic rings. The molecule has 64 valence electrons. The van der Waals surface area contributed by atoms with Crippen LogP contribution in [0.15, 0.2) is 4.99 Å². The average Bonchev–Trinajstić information content (AvgIpc) is 1.82. The number of rotatable bonds is 4. The van der Waals surface area contributed by atoms with Crippen molar-refractivity contribution in [3.63, 3.8) is 0 Å². The zero-order chi connectivity index (χ0) is 8.85. The molecule has 0 amide bonds. The van der Waals surface area contributed by atoms with Gasteiger partial charge in [0.1, 0.15) is 5.78 Å². The maximum atomic E-state index is 10.6. The van der Waals surface area contributed by atoms with Crippen LogP contribution in [0, 0.1) is 0 Å². The van der Waals surface area contributed by atoms with E-state index < -0.39 is 6.10 Å². The van der Waals surface area contributed by atoms with Crippen LogP contribution >= 0.6 is 0 Å². The molecule has 0 saturated carbocycles. The summed E-state index contributed by atoms with van der Waals surface area (Å²) in [5, 5.41) is 8.84. The van der Waals surface area contributed by atoms with Gasteiger partial charge in [-0.3, -0.25) is 9.79 Å². The van der Waals surface area contributed by atoms with Gasteiger partial charge in [-0.2, -0.15) is 0 Å². The molecule has 0 aliphatic carbocycles. The van der Waals surface area contributed by atoms with Crippen LogP contribution in [0.2, 0.25) is 0 Å². The third-order valence-corrected chi connectivity index (χ3v) is 1.13. The number of Topliss-reactive ketones (excluding diaryl/α,β-unsaturated/α-hetero) is 1. The molecule has 0 saturated heterocycles. The number of aliphatic hydroxyl groups is 1. The highest BCUT2D eigenvalue weighted by Crippen LogP contribution is 1.90. The summed E-state index contributed by atoms with van der Waals surface area (Å²) in [5.41, 5.74) is 0.790. The van der Waals surface area contributed by atoms with Crippen molar-refractivity contribution in [1.82, 2.24) is 0 Å². The number of carbonyl (C=O) groups is 1. The molecular weight excluding hydrogens is 142 g/mol. The smallest absolute Gasteiger partial charge is 0.135 e. The van der Waals surface area contributed by atoms with E-state index in [2.05, 4.69) is 4.99 Å². The molecule has 0 rings (SSSR count). The fraction of sp³-hybridized carbons (Fsp3) is 0.750. The van der Waals surface area contributed by atoms with Crippen LogP contribution in [0.3, 0.4) is 0 Å². The van der Waals surface area contributed by atoms with Gasteiger partial charge in [-0.25, -0.2) is 0 Å². The number of aliphatic imine (C=N–C) groups is 1. The maximum Gasteiger partial charge on any atom is 0.135 e. The van der Waals surface area contributed by atoms with E-state index in [0.29, 0.717) is 13.0 Å². The minimum Gasteiger partial charge on any atom is -0.391 e. The third kappa shape index (κ3) is 7.19. The van der Waals surface area contributed by atoms with Gasteiger partial charge in [0, 0.05) is 12.1 Å². The Labute approximate surface area is 67.1 Å². The highest BCUT2D eigenvalue weighted by atomic mass is 16.3. The molecular formula is C8H15NO2. The molecule has 0 bridgehead atoms. The van der Waals surface area contributed by atoms with Gasteiger partial charge in [0.2, 0.25) is 0 Å².